The monoisotopic (exact) mass is 469 g/mol. The summed E-state index contributed by atoms with van der Waals surface area (Å²) in [6.45, 7) is 3.71. The van der Waals surface area contributed by atoms with E-state index in [4.69, 9.17) is 14.2 Å². The fourth-order valence-electron chi connectivity index (χ4n) is 3.86. The van der Waals surface area contributed by atoms with E-state index < -0.39 is 12.3 Å². The van der Waals surface area contributed by atoms with Gasteiger partial charge in [0.05, 0.1) is 37.5 Å². The fraction of sp³-hybridized carbons (Fsp3) is 0.391. The number of ether oxygens (including phenoxy) is 3. The Hall–Kier alpha value is -3.70. The van der Waals surface area contributed by atoms with Crippen molar-refractivity contribution in [3.63, 3.8) is 0 Å². The maximum absolute atomic E-state index is 12.8. The third kappa shape index (κ3) is 5.80. The molecule has 0 bridgehead atoms. The molecule has 2 aliphatic heterocycles. The smallest absolute Gasteiger partial charge is 0.413 e. The van der Waals surface area contributed by atoms with Crippen molar-refractivity contribution < 1.29 is 28.6 Å². The summed E-state index contributed by atoms with van der Waals surface area (Å²) in [5.74, 6) is -0.406. The van der Waals surface area contributed by atoms with Gasteiger partial charge in [-0.2, -0.15) is 0 Å². The Morgan fingerprint density at radius 2 is 2.15 bits per heavy atom. The van der Waals surface area contributed by atoms with Crippen LogP contribution in [0.1, 0.15) is 19.0 Å². The number of aromatic nitrogens is 2. The fourth-order valence-corrected chi connectivity index (χ4v) is 3.86. The lowest BCUT2D eigenvalue weighted by molar-refractivity contribution is -0.132. The number of hydrogen-bond donors (Lipinski definition) is 2. The second kappa shape index (κ2) is 10.9. The molecule has 2 atom stereocenters. The zero-order valence-electron chi connectivity index (χ0n) is 18.8. The summed E-state index contributed by atoms with van der Waals surface area (Å²) in [6.07, 6.45) is 4.84. The predicted octanol–water partition coefficient (Wildman–Crippen LogP) is 2.00. The van der Waals surface area contributed by atoms with Gasteiger partial charge in [0.2, 0.25) is 5.91 Å². The molecule has 0 spiro atoms. The molecule has 1 aromatic carbocycles. The van der Waals surface area contributed by atoms with Gasteiger partial charge in [-0.05, 0) is 37.3 Å². The largest absolute Gasteiger partial charge is 0.425 e. The number of nitrogens with one attached hydrogen (secondary N) is 2. The van der Waals surface area contributed by atoms with Gasteiger partial charge in [-0.3, -0.25) is 14.9 Å². The molecule has 2 saturated heterocycles. The van der Waals surface area contributed by atoms with Crippen molar-refractivity contribution in [2.75, 3.05) is 43.1 Å². The lowest BCUT2D eigenvalue weighted by Crippen LogP contribution is -2.41. The van der Waals surface area contributed by atoms with Crippen LogP contribution in [-0.4, -0.2) is 78.0 Å². The zero-order valence-corrected chi connectivity index (χ0v) is 18.8. The molecule has 0 aliphatic carbocycles. The first-order valence-electron chi connectivity index (χ1n) is 11.1. The molecule has 2 N–H and O–H groups in total. The van der Waals surface area contributed by atoms with Crippen LogP contribution in [0.25, 0.3) is 6.08 Å². The average molecular weight is 469 g/mol. The van der Waals surface area contributed by atoms with E-state index in [1.165, 1.54) is 17.3 Å². The van der Waals surface area contributed by atoms with Gasteiger partial charge in [0.1, 0.15) is 6.61 Å². The third-order valence-corrected chi connectivity index (χ3v) is 5.48. The molecule has 180 valence electrons. The first kappa shape index (κ1) is 23.5. The minimum atomic E-state index is -0.763. The predicted molar refractivity (Wildman–Crippen MR) is 123 cm³/mol. The quantitative estimate of drug-likeness (QED) is 0.594. The molecule has 1 aromatic heterocycles. The van der Waals surface area contributed by atoms with E-state index in [1.54, 1.807) is 41.4 Å². The van der Waals surface area contributed by atoms with Crippen LogP contribution in [0, 0.1) is 0 Å². The van der Waals surface area contributed by atoms with Gasteiger partial charge in [0, 0.05) is 37.0 Å². The molecule has 3 amide bonds. The highest BCUT2D eigenvalue weighted by molar-refractivity contribution is 5.95. The molecule has 11 heteroatoms. The van der Waals surface area contributed by atoms with Gasteiger partial charge in [-0.15, -0.1) is 0 Å². The lowest BCUT2D eigenvalue weighted by atomic mass is 10.2. The SMILES string of the molecule is CCO[C@@H]1C[C@@H](OC(=O)Nc2ccc(N3CCOCC3=O)cc2)N(C(=O)/C=C/c2cnc[nH]2)C1. The number of nitrogens with zero attached hydrogens (tertiary/aromatic N) is 3. The molecule has 2 fully saturated rings. The normalized spacial score (nSPS) is 20.7. The zero-order chi connectivity index (χ0) is 23.9. The Labute approximate surface area is 196 Å². The molecular formula is C23H27N5O6. The van der Waals surface area contributed by atoms with E-state index in [-0.39, 0.29) is 24.5 Å². The lowest BCUT2D eigenvalue weighted by Gasteiger charge is -2.27. The van der Waals surface area contributed by atoms with Gasteiger partial charge in [-0.1, -0.05) is 0 Å². The van der Waals surface area contributed by atoms with Crippen molar-refractivity contribution in [1.82, 2.24) is 14.9 Å². The molecule has 0 radical (unpaired) electrons. The van der Waals surface area contributed by atoms with Gasteiger partial charge in [0.25, 0.3) is 5.91 Å². The van der Waals surface area contributed by atoms with E-state index in [0.29, 0.717) is 44.1 Å². The second-order valence-electron chi connectivity index (χ2n) is 7.77. The average Bonchev–Trinajstić information content (AvgIpc) is 3.49. The van der Waals surface area contributed by atoms with Crippen molar-refractivity contribution in [3.05, 3.63) is 48.6 Å². The number of carbonyl (C=O) groups excluding carboxylic acids is 3. The molecule has 11 nitrogen and oxygen atoms in total. The standard InChI is InChI=1S/C23H27N5O6/c1-2-33-19-11-22(28(13-19)20(29)8-5-17-12-24-15-25-17)34-23(31)26-16-3-6-18(7-4-16)27-9-10-32-14-21(27)30/h3-8,12,15,19,22H,2,9-11,13-14H2,1H3,(H,24,25)(H,26,31)/b8-5+/t19-,22-/m1/s1. The van der Waals surface area contributed by atoms with Crippen LogP contribution in [-0.2, 0) is 23.8 Å². The van der Waals surface area contributed by atoms with Crippen molar-refractivity contribution in [3.8, 4) is 0 Å². The van der Waals surface area contributed by atoms with Gasteiger partial charge in [0.15, 0.2) is 6.23 Å². The van der Waals surface area contributed by atoms with Gasteiger partial charge >= 0.3 is 6.09 Å². The molecule has 34 heavy (non-hydrogen) atoms. The van der Waals surface area contributed by atoms with E-state index >= 15 is 0 Å². The second-order valence-corrected chi connectivity index (χ2v) is 7.77. The van der Waals surface area contributed by atoms with E-state index in [0.717, 1.165) is 5.69 Å². The van der Waals surface area contributed by atoms with Crippen LogP contribution in [0.15, 0.2) is 42.9 Å². The van der Waals surface area contributed by atoms with Crippen LogP contribution in [0.3, 0.4) is 0 Å². The van der Waals surface area contributed by atoms with Crippen molar-refractivity contribution >= 4 is 35.4 Å². The molecule has 2 aliphatic rings. The number of likely N-dealkylation sites (tertiary alicyclic amines) is 1. The molecule has 2 aromatic rings. The summed E-state index contributed by atoms with van der Waals surface area (Å²) in [5, 5.41) is 2.67. The summed E-state index contributed by atoms with van der Waals surface area (Å²) in [4.78, 5) is 47.2. The van der Waals surface area contributed by atoms with Crippen molar-refractivity contribution in [2.24, 2.45) is 0 Å². The first-order valence-corrected chi connectivity index (χ1v) is 11.1. The number of H-pyrrole nitrogens is 1. The maximum Gasteiger partial charge on any atom is 0.413 e. The van der Waals surface area contributed by atoms with Crippen molar-refractivity contribution in [1.29, 1.82) is 0 Å². The molecule has 0 saturated carbocycles. The van der Waals surface area contributed by atoms with E-state index in [2.05, 4.69) is 15.3 Å². The van der Waals surface area contributed by atoms with Crippen LogP contribution >= 0.6 is 0 Å². The molecule has 0 unspecified atom stereocenters. The number of aromatic amines is 1. The summed E-state index contributed by atoms with van der Waals surface area (Å²) < 4.78 is 16.4. The topological polar surface area (TPSA) is 126 Å². The number of imidazole rings is 1. The maximum atomic E-state index is 12.8. The highest BCUT2D eigenvalue weighted by Crippen LogP contribution is 2.24. The summed E-state index contributed by atoms with van der Waals surface area (Å²) >= 11 is 0. The Morgan fingerprint density at radius 3 is 2.85 bits per heavy atom. The van der Waals surface area contributed by atoms with Gasteiger partial charge < -0.3 is 29.0 Å². The van der Waals surface area contributed by atoms with E-state index in [9.17, 15) is 14.4 Å². The highest BCUT2D eigenvalue weighted by Gasteiger charge is 2.37. The number of rotatable bonds is 7. The molecule has 4 rings (SSSR count). The van der Waals surface area contributed by atoms with E-state index in [1.807, 2.05) is 6.92 Å². The minimum Gasteiger partial charge on any atom is -0.425 e. The first-order chi connectivity index (χ1) is 16.5. The van der Waals surface area contributed by atoms with Gasteiger partial charge in [-0.25, -0.2) is 9.78 Å². The number of hydrogen-bond acceptors (Lipinski definition) is 7. The van der Waals surface area contributed by atoms with Crippen LogP contribution < -0.4 is 10.2 Å². The summed E-state index contributed by atoms with van der Waals surface area (Å²) in [6, 6.07) is 6.87. The summed E-state index contributed by atoms with van der Waals surface area (Å²) in [7, 11) is 0. The van der Waals surface area contributed by atoms with Crippen LogP contribution in [0.4, 0.5) is 16.2 Å². The Balaban J connectivity index is 1.36. The number of anilines is 2. The number of amides is 3. The molecular weight excluding hydrogens is 442 g/mol. The highest BCUT2D eigenvalue weighted by atomic mass is 16.6. The Kier molecular flexibility index (Phi) is 7.55. The molecule has 3 heterocycles. The van der Waals surface area contributed by atoms with Crippen LogP contribution in [0.2, 0.25) is 0 Å². The third-order valence-electron chi connectivity index (χ3n) is 5.48. The number of carbonyl (C=O) groups is 3. The number of morpholine rings is 1. The Morgan fingerprint density at radius 1 is 1.32 bits per heavy atom. The minimum absolute atomic E-state index is 0.0583. The Bertz CT molecular complexity index is 1020. The number of benzene rings is 1. The van der Waals surface area contributed by atoms with Crippen LogP contribution in [0.5, 0.6) is 0 Å². The van der Waals surface area contributed by atoms with Crippen molar-refractivity contribution in [2.45, 2.75) is 25.7 Å². The summed E-state index contributed by atoms with van der Waals surface area (Å²) in [5.41, 5.74) is 1.92.